The summed E-state index contributed by atoms with van der Waals surface area (Å²) in [4.78, 5) is 14.2. The Labute approximate surface area is 131 Å². The van der Waals surface area contributed by atoms with Crippen LogP contribution in [0.4, 0.5) is 0 Å². The van der Waals surface area contributed by atoms with E-state index >= 15 is 0 Å². The molecule has 1 heterocycles. The minimum absolute atomic E-state index is 0. The lowest BCUT2D eigenvalue weighted by atomic mass is 9.92. The molecule has 0 spiro atoms. The molecule has 112 valence electrons. The summed E-state index contributed by atoms with van der Waals surface area (Å²) in [5.41, 5.74) is 6.92. The number of hydrogen-bond donors (Lipinski definition) is 1. The summed E-state index contributed by atoms with van der Waals surface area (Å²) in [5, 5.41) is 0.678. The van der Waals surface area contributed by atoms with Gasteiger partial charge >= 0.3 is 0 Å². The highest BCUT2D eigenvalue weighted by Crippen LogP contribution is 2.20. The van der Waals surface area contributed by atoms with E-state index in [1.807, 2.05) is 36.1 Å². The minimum atomic E-state index is 0. The van der Waals surface area contributed by atoms with E-state index in [4.69, 9.17) is 17.3 Å². The lowest BCUT2D eigenvalue weighted by Gasteiger charge is -2.34. The van der Waals surface area contributed by atoms with Crippen LogP contribution < -0.4 is 5.73 Å². The fourth-order valence-corrected chi connectivity index (χ4v) is 2.81. The number of halogens is 2. The third-order valence-corrected chi connectivity index (χ3v) is 4.03. The Balaban J connectivity index is 0.00000200. The van der Waals surface area contributed by atoms with E-state index in [0.29, 0.717) is 17.4 Å². The number of amides is 1. The van der Waals surface area contributed by atoms with Crippen LogP contribution in [0.5, 0.6) is 0 Å². The second-order valence-corrected chi connectivity index (χ2v) is 5.84. The van der Waals surface area contributed by atoms with E-state index in [1.165, 1.54) is 0 Å². The van der Waals surface area contributed by atoms with Gasteiger partial charge in [0.1, 0.15) is 0 Å². The fraction of sp³-hybridized carbons (Fsp3) is 0.533. The Morgan fingerprint density at radius 2 is 2.30 bits per heavy atom. The third-order valence-electron chi connectivity index (χ3n) is 3.80. The number of nitrogens with zero attached hydrogens (tertiary/aromatic N) is 1. The van der Waals surface area contributed by atoms with Crippen molar-refractivity contribution >= 4 is 29.9 Å². The predicted molar refractivity (Wildman–Crippen MR) is 85.4 cm³/mol. The molecule has 2 rings (SSSR count). The smallest absolute Gasteiger partial charge is 0.227 e. The molecule has 2 N–H and O–H groups in total. The first-order valence-electron chi connectivity index (χ1n) is 6.84. The van der Waals surface area contributed by atoms with Crippen molar-refractivity contribution in [1.82, 2.24) is 4.90 Å². The average molecular weight is 317 g/mol. The van der Waals surface area contributed by atoms with Crippen LogP contribution in [0.25, 0.3) is 0 Å². The largest absolute Gasteiger partial charge is 0.342 e. The molecule has 0 radical (unpaired) electrons. The highest BCUT2D eigenvalue weighted by atomic mass is 35.5. The average Bonchev–Trinajstić information content (AvgIpc) is 2.39. The van der Waals surface area contributed by atoms with Crippen molar-refractivity contribution in [3.05, 3.63) is 34.9 Å². The summed E-state index contributed by atoms with van der Waals surface area (Å²) >= 11 is 5.94. The van der Waals surface area contributed by atoms with E-state index in [2.05, 4.69) is 0 Å². The SMILES string of the molecule is CC(N)C1CCCN(C(=O)Cc2cccc(Cl)c2)C1.Cl. The van der Waals surface area contributed by atoms with Gasteiger partial charge in [0.15, 0.2) is 0 Å². The molecule has 1 aliphatic heterocycles. The van der Waals surface area contributed by atoms with Crippen molar-refractivity contribution in [2.75, 3.05) is 13.1 Å². The number of benzene rings is 1. The molecule has 1 saturated heterocycles. The molecule has 1 fully saturated rings. The quantitative estimate of drug-likeness (QED) is 0.932. The fourth-order valence-electron chi connectivity index (χ4n) is 2.60. The van der Waals surface area contributed by atoms with Crippen LogP contribution in [0.15, 0.2) is 24.3 Å². The number of rotatable bonds is 3. The van der Waals surface area contributed by atoms with E-state index < -0.39 is 0 Å². The maximum Gasteiger partial charge on any atom is 0.227 e. The Bertz CT molecular complexity index is 451. The van der Waals surface area contributed by atoms with Gasteiger partial charge < -0.3 is 10.6 Å². The van der Waals surface area contributed by atoms with Crippen LogP contribution in [0.2, 0.25) is 5.02 Å². The van der Waals surface area contributed by atoms with Gasteiger partial charge in [-0.25, -0.2) is 0 Å². The first-order valence-corrected chi connectivity index (χ1v) is 7.22. The highest BCUT2D eigenvalue weighted by molar-refractivity contribution is 6.30. The molecule has 1 aromatic rings. The van der Waals surface area contributed by atoms with Crippen LogP contribution in [-0.4, -0.2) is 29.9 Å². The standard InChI is InChI=1S/C15H21ClN2O.ClH/c1-11(17)13-5-3-7-18(10-13)15(19)9-12-4-2-6-14(16)8-12;/h2,4,6,8,11,13H,3,5,7,9-10,17H2,1H3;1H. The summed E-state index contributed by atoms with van der Waals surface area (Å²) in [6.07, 6.45) is 2.60. The molecule has 0 aromatic heterocycles. The van der Waals surface area contributed by atoms with Gasteiger partial charge in [-0.1, -0.05) is 23.7 Å². The number of carbonyl (C=O) groups is 1. The Kier molecular flexibility index (Phi) is 6.80. The third kappa shape index (κ3) is 4.65. The van der Waals surface area contributed by atoms with Gasteiger partial charge in [-0.05, 0) is 43.4 Å². The molecule has 3 nitrogen and oxygen atoms in total. The Hall–Kier alpha value is -0.770. The molecule has 0 saturated carbocycles. The monoisotopic (exact) mass is 316 g/mol. The minimum Gasteiger partial charge on any atom is -0.342 e. The summed E-state index contributed by atoms with van der Waals surface area (Å²) in [5.74, 6) is 0.602. The summed E-state index contributed by atoms with van der Waals surface area (Å²) in [6, 6.07) is 7.65. The number of nitrogens with two attached hydrogens (primary N) is 1. The Morgan fingerprint density at radius 3 is 2.95 bits per heavy atom. The van der Waals surface area contributed by atoms with Gasteiger partial charge in [0.05, 0.1) is 6.42 Å². The van der Waals surface area contributed by atoms with Crippen molar-refractivity contribution in [2.45, 2.75) is 32.2 Å². The zero-order valence-corrected chi connectivity index (χ0v) is 13.3. The number of likely N-dealkylation sites (tertiary alicyclic amines) is 1. The van der Waals surface area contributed by atoms with Gasteiger partial charge in [-0.3, -0.25) is 4.79 Å². The summed E-state index contributed by atoms with van der Waals surface area (Å²) in [6.45, 7) is 3.66. The molecular formula is C15H22Cl2N2O. The van der Waals surface area contributed by atoms with Crippen molar-refractivity contribution in [3.63, 3.8) is 0 Å². The van der Waals surface area contributed by atoms with E-state index in [9.17, 15) is 4.79 Å². The summed E-state index contributed by atoms with van der Waals surface area (Å²) < 4.78 is 0. The molecule has 1 aromatic carbocycles. The maximum absolute atomic E-state index is 12.3. The predicted octanol–water partition coefficient (Wildman–Crippen LogP) is 2.89. The van der Waals surface area contributed by atoms with Crippen molar-refractivity contribution in [2.24, 2.45) is 11.7 Å². The van der Waals surface area contributed by atoms with Gasteiger partial charge in [0.25, 0.3) is 0 Å². The molecule has 0 aliphatic carbocycles. The molecular weight excluding hydrogens is 295 g/mol. The zero-order valence-electron chi connectivity index (χ0n) is 11.7. The molecule has 5 heteroatoms. The van der Waals surface area contributed by atoms with E-state index in [-0.39, 0.29) is 24.4 Å². The molecule has 1 amide bonds. The van der Waals surface area contributed by atoms with Crippen LogP contribution >= 0.6 is 24.0 Å². The van der Waals surface area contributed by atoms with E-state index in [1.54, 1.807) is 0 Å². The van der Waals surface area contributed by atoms with Gasteiger partial charge in [0, 0.05) is 24.2 Å². The highest BCUT2D eigenvalue weighted by Gasteiger charge is 2.25. The number of piperidine rings is 1. The van der Waals surface area contributed by atoms with Crippen LogP contribution in [0.1, 0.15) is 25.3 Å². The molecule has 20 heavy (non-hydrogen) atoms. The van der Waals surface area contributed by atoms with Gasteiger partial charge in [-0.15, -0.1) is 12.4 Å². The van der Waals surface area contributed by atoms with Crippen molar-refractivity contribution in [1.29, 1.82) is 0 Å². The van der Waals surface area contributed by atoms with Gasteiger partial charge in [-0.2, -0.15) is 0 Å². The van der Waals surface area contributed by atoms with Crippen LogP contribution in [0, 0.1) is 5.92 Å². The molecule has 2 unspecified atom stereocenters. The van der Waals surface area contributed by atoms with E-state index in [0.717, 1.165) is 31.5 Å². The second-order valence-electron chi connectivity index (χ2n) is 5.41. The molecule has 0 bridgehead atoms. The molecule has 1 aliphatic rings. The summed E-state index contributed by atoms with van der Waals surface area (Å²) in [7, 11) is 0. The molecule has 2 atom stereocenters. The van der Waals surface area contributed by atoms with Crippen LogP contribution in [0.3, 0.4) is 0 Å². The van der Waals surface area contributed by atoms with Crippen molar-refractivity contribution in [3.8, 4) is 0 Å². The lowest BCUT2D eigenvalue weighted by Crippen LogP contribution is -2.45. The first kappa shape index (κ1) is 17.3. The second kappa shape index (κ2) is 7.87. The number of carbonyl (C=O) groups excluding carboxylic acids is 1. The lowest BCUT2D eigenvalue weighted by molar-refractivity contribution is -0.132. The first-order chi connectivity index (χ1) is 9.06. The maximum atomic E-state index is 12.3. The normalized spacial score (nSPS) is 20.1. The topological polar surface area (TPSA) is 46.3 Å². The zero-order chi connectivity index (χ0) is 13.8. The Morgan fingerprint density at radius 1 is 1.55 bits per heavy atom. The van der Waals surface area contributed by atoms with Crippen molar-refractivity contribution < 1.29 is 4.79 Å². The van der Waals surface area contributed by atoms with Gasteiger partial charge in [0.2, 0.25) is 5.91 Å². The number of hydrogen-bond acceptors (Lipinski definition) is 2. The van der Waals surface area contributed by atoms with Crippen LogP contribution in [-0.2, 0) is 11.2 Å².